The van der Waals surface area contributed by atoms with E-state index >= 15 is 0 Å². The van der Waals surface area contributed by atoms with Crippen LogP contribution < -0.4 is 10.4 Å². The molecule has 6 rings (SSSR count). The van der Waals surface area contributed by atoms with E-state index in [9.17, 15) is 24.6 Å². The summed E-state index contributed by atoms with van der Waals surface area (Å²) in [5.41, 5.74) is 3.36. The lowest BCUT2D eigenvalue weighted by atomic mass is 9.98. The molecule has 4 aromatic carbocycles. The Morgan fingerprint density at radius 3 is 2.22 bits per heavy atom. The molecule has 1 aliphatic heterocycles. The number of nitrogens with zero attached hydrogens (tertiary/aromatic N) is 4. The van der Waals surface area contributed by atoms with Crippen LogP contribution in [-0.4, -0.2) is 73.0 Å². The monoisotopic (exact) mass is 663 g/mol. The summed E-state index contributed by atoms with van der Waals surface area (Å²) in [5, 5.41) is 27.5. The summed E-state index contributed by atoms with van der Waals surface area (Å²) >= 11 is 0. The van der Waals surface area contributed by atoms with Gasteiger partial charge >= 0.3 is 17.8 Å². The second-order valence-corrected chi connectivity index (χ2v) is 12.2. The average Bonchev–Trinajstić information content (AvgIpc) is 3.49. The molecule has 0 saturated carbocycles. The number of phenols is 2. The second kappa shape index (κ2) is 14.5. The van der Waals surface area contributed by atoms with Gasteiger partial charge in [-0.05, 0) is 65.1 Å². The minimum Gasteiger partial charge on any atom is -0.508 e. The van der Waals surface area contributed by atoms with Crippen LogP contribution in [0.3, 0.4) is 0 Å². The molecule has 1 aliphatic rings. The number of ether oxygens (including phenoxy) is 2. The number of carbonyl (C=O) groups is 2. The Bertz CT molecular complexity index is 1980. The van der Waals surface area contributed by atoms with Crippen molar-refractivity contribution in [3.8, 4) is 34.3 Å². The molecule has 252 valence electrons. The van der Waals surface area contributed by atoms with Crippen molar-refractivity contribution in [3.63, 3.8) is 0 Å². The van der Waals surface area contributed by atoms with Crippen LogP contribution >= 0.6 is 0 Å². The number of carbonyl (C=O) groups excluding carboxylic acids is 2. The Morgan fingerprint density at radius 1 is 0.857 bits per heavy atom. The van der Waals surface area contributed by atoms with E-state index in [4.69, 9.17) is 9.47 Å². The highest BCUT2D eigenvalue weighted by molar-refractivity contribution is 5.89. The van der Waals surface area contributed by atoms with Crippen molar-refractivity contribution in [2.24, 2.45) is 0 Å². The zero-order valence-electron chi connectivity index (χ0n) is 27.2. The number of piperazine rings is 1. The molecular formula is C37H37N5O7. The van der Waals surface area contributed by atoms with E-state index < -0.39 is 17.8 Å². The molecule has 1 fully saturated rings. The fraction of sp³-hybridized carbons (Fsp3) is 0.243. The summed E-state index contributed by atoms with van der Waals surface area (Å²) in [4.78, 5) is 41.9. The standard InChI is InChI=1S/C37H37N5O7/c1-24(2)30-20-31(33(44)21-32(30)43)34-38-39-36(46)42(34)28-12-8-25(9-13-28)22-40-16-18-41(19-17-40)37(47)49-29-14-10-27(11-15-29)35(45)48-23-26-6-4-3-5-7-26/h3-15,20-21,24,43-44H,16-19,22-23H2,1-2H3,(H,39,46). The maximum atomic E-state index is 12.8. The number of esters is 1. The highest BCUT2D eigenvalue weighted by Gasteiger charge is 2.24. The van der Waals surface area contributed by atoms with Gasteiger partial charge in [-0.15, -0.1) is 0 Å². The van der Waals surface area contributed by atoms with Crippen molar-refractivity contribution >= 4 is 12.1 Å². The molecule has 0 spiro atoms. The molecule has 0 atom stereocenters. The summed E-state index contributed by atoms with van der Waals surface area (Å²) in [6.45, 7) is 6.94. The number of aromatic amines is 1. The third-order valence-corrected chi connectivity index (χ3v) is 8.42. The number of nitrogens with one attached hydrogen (secondary N) is 1. The number of rotatable bonds is 9. The van der Waals surface area contributed by atoms with Gasteiger partial charge in [0.2, 0.25) is 0 Å². The number of aromatic nitrogens is 3. The number of hydrogen-bond donors (Lipinski definition) is 3. The topological polar surface area (TPSA) is 150 Å². The Kier molecular flexibility index (Phi) is 9.77. The van der Waals surface area contributed by atoms with Crippen LogP contribution in [-0.2, 0) is 17.9 Å². The minimum absolute atomic E-state index is 0.00714. The predicted octanol–water partition coefficient (Wildman–Crippen LogP) is 5.44. The van der Waals surface area contributed by atoms with Crippen molar-refractivity contribution in [1.29, 1.82) is 0 Å². The van der Waals surface area contributed by atoms with Crippen LogP contribution in [0.5, 0.6) is 17.2 Å². The van der Waals surface area contributed by atoms with Gasteiger partial charge in [-0.3, -0.25) is 4.90 Å². The Labute approximate surface area is 282 Å². The SMILES string of the molecule is CC(C)c1cc(-c2n[nH]c(=O)n2-c2ccc(CN3CCN(C(=O)Oc4ccc(C(=O)OCc5ccccc5)cc4)CC3)cc2)c(O)cc1O. The van der Waals surface area contributed by atoms with E-state index in [1.807, 2.05) is 68.4 Å². The lowest BCUT2D eigenvalue weighted by Gasteiger charge is -2.34. The number of aromatic hydroxyl groups is 2. The number of amides is 1. The summed E-state index contributed by atoms with van der Waals surface area (Å²) < 4.78 is 12.3. The molecule has 0 unspecified atom stereocenters. The molecular weight excluding hydrogens is 626 g/mol. The molecule has 1 saturated heterocycles. The molecule has 49 heavy (non-hydrogen) atoms. The lowest BCUT2D eigenvalue weighted by Crippen LogP contribution is -2.49. The normalized spacial score (nSPS) is 13.4. The highest BCUT2D eigenvalue weighted by Crippen LogP contribution is 2.37. The van der Waals surface area contributed by atoms with Gasteiger partial charge in [0.1, 0.15) is 23.9 Å². The molecule has 0 radical (unpaired) electrons. The van der Waals surface area contributed by atoms with Crippen molar-refractivity contribution in [3.05, 3.63) is 124 Å². The van der Waals surface area contributed by atoms with Crippen LogP contribution in [0.1, 0.15) is 46.8 Å². The van der Waals surface area contributed by atoms with Gasteiger partial charge in [0.15, 0.2) is 5.82 Å². The highest BCUT2D eigenvalue weighted by atomic mass is 16.6. The smallest absolute Gasteiger partial charge is 0.415 e. The van der Waals surface area contributed by atoms with Crippen LogP contribution in [0.15, 0.2) is 95.8 Å². The molecule has 12 heteroatoms. The quantitative estimate of drug-likeness (QED) is 0.175. The third-order valence-electron chi connectivity index (χ3n) is 8.42. The van der Waals surface area contributed by atoms with Gasteiger partial charge in [-0.1, -0.05) is 56.3 Å². The fourth-order valence-electron chi connectivity index (χ4n) is 5.68. The summed E-state index contributed by atoms with van der Waals surface area (Å²) in [7, 11) is 0. The largest absolute Gasteiger partial charge is 0.508 e. The first kappa shape index (κ1) is 33.0. The van der Waals surface area contributed by atoms with Gasteiger partial charge in [0.25, 0.3) is 0 Å². The van der Waals surface area contributed by atoms with Crippen LogP contribution in [0.25, 0.3) is 17.1 Å². The van der Waals surface area contributed by atoms with Gasteiger partial charge in [-0.2, -0.15) is 5.10 Å². The number of H-pyrrole nitrogens is 1. The van der Waals surface area contributed by atoms with E-state index in [1.54, 1.807) is 35.2 Å². The van der Waals surface area contributed by atoms with E-state index in [0.717, 1.165) is 11.1 Å². The maximum Gasteiger partial charge on any atom is 0.415 e. The summed E-state index contributed by atoms with van der Waals surface area (Å²) in [5.74, 6) is -0.0932. The van der Waals surface area contributed by atoms with Crippen LogP contribution in [0.2, 0.25) is 0 Å². The van der Waals surface area contributed by atoms with Crippen molar-refractivity contribution in [2.45, 2.75) is 32.9 Å². The Morgan fingerprint density at radius 2 is 1.55 bits per heavy atom. The third kappa shape index (κ3) is 7.65. The van der Waals surface area contributed by atoms with Crippen LogP contribution in [0.4, 0.5) is 4.79 Å². The summed E-state index contributed by atoms with van der Waals surface area (Å²) in [6, 6.07) is 26.1. The Hall–Kier alpha value is -5.88. The maximum absolute atomic E-state index is 12.8. The summed E-state index contributed by atoms with van der Waals surface area (Å²) in [6.07, 6.45) is -0.454. The van der Waals surface area contributed by atoms with Crippen molar-refractivity contribution in [2.75, 3.05) is 26.2 Å². The number of benzene rings is 4. The van der Waals surface area contributed by atoms with E-state index in [-0.39, 0.29) is 29.8 Å². The second-order valence-electron chi connectivity index (χ2n) is 12.2. The predicted molar refractivity (Wildman–Crippen MR) is 182 cm³/mol. The minimum atomic E-state index is -0.457. The van der Waals surface area contributed by atoms with Crippen LogP contribution in [0, 0.1) is 0 Å². The number of hydrogen-bond acceptors (Lipinski definition) is 9. The van der Waals surface area contributed by atoms with Crippen molar-refractivity contribution < 1.29 is 29.3 Å². The average molecular weight is 664 g/mol. The first-order chi connectivity index (χ1) is 23.7. The van der Waals surface area contributed by atoms with E-state index in [1.165, 1.54) is 10.6 Å². The molecule has 12 nitrogen and oxygen atoms in total. The lowest BCUT2D eigenvalue weighted by molar-refractivity contribution is 0.0472. The van der Waals surface area contributed by atoms with Gasteiger partial charge in [0, 0.05) is 38.8 Å². The first-order valence-electron chi connectivity index (χ1n) is 16.0. The first-order valence-corrected chi connectivity index (χ1v) is 16.0. The molecule has 1 amide bonds. The van der Waals surface area contributed by atoms with Gasteiger partial charge in [0.05, 0.1) is 16.8 Å². The molecule has 1 aromatic heterocycles. The molecule has 0 bridgehead atoms. The fourth-order valence-corrected chi connectivity index (χ4v) is 5.68. The molecule has 3 N–H and O–H groups in total. The zero-order chi connectivity index (χ0) is 34.5. The molecule has 2 heterocycles. The van der Waals surface area contributed by atoms with Crippen molar-refractivity contribution in [1.82, 2.24) is 24.6 Å². The molecule has 0 aliphatic carbocycles. The van der Waals surface area contributed by atoms with Gasteiger partial charge < -0.3 is 24.6 Å². The zero-order valence-corrected chi connectivity index (χ0v) is 27.2. The molecule has 5 aromatic rings. The number of phenolic OH excluding ortho intramolecular Hbond substituents is 2. The van der Waals surface area contributed by atoms with Gasteiger partial charge in [-0.25, -0.2) is 24.0 Å². The van der Waals surface area contributed by atoms with E-state index in [0.29, 0.717) is 60.9 Å². The Balaban J connectivity index is 1.01. The van der Waals surface area contributed by atoms with E-state index in [2.05, 4.69) is 15.1 Å².